The van der Waals surface area contributed by atoms with Gasteiger partial charge in [-0.15, -0.1) is 5.10 Å². The van der Waals surface area contributed by atoms with E-state index in [9.17, 15) is 4.39 Å². The summed E-state index contributed by atoms with van der Waals surface area (Å²) in [5.74, 6) is 0. The smallest absolute Gasteiger partial charge is 0.162 e. The lowest BCUT2D eigenvalue weighted by atomic mass is 9.87. The van der Waals surface area contributed by atoms with Crippen molar-refractivity contribution in [1.29, 1.82) is 0 Å². The molecule has 5 heteroatoms. The van der Waals surface area contributed by atoms with Crippen LogP contribution >= 0.6 is 0 Å². The summed E-state index contributed by atoms with van der Waals surface area (Å²) in [5.41, 5.74) is 0.268. The van der Waals surface area contributed by atoms with Crippen LogP contribution in [0.15, 0.2) is 24.5 Å². The largest absolute Gasteiger partial charge is 0.325 e. The third-order valence-corrected chi connectivity index (χ3v) is 3.80. The van der Waals surface area contributed by atoms with E-state index in [-0.39, 0.29) is 6.04 Å². The van der Waals surface area contributed by atoms with E-state index in [0.717, 1.165) is 24.0 Å². The van der Waals surface area contributed by atoms with E-state index in [0.29, 0.717) is 0 Å². The molecule has 0 bridgehead atoms. The van der Waals surface area contributed by atoms with Gasteiger partial charge in [0.05, 0.1) is 12.2 Å². The molecule has 1 fully saturated rings. The zero-order chi connectivity index (χ0) is 12.8. The minimum Gasteiger partial charge on any atom is -0.325 e. The molecule has 0 saturated carbocycles. The molecular formula is C13H17FN4. The fourth-order valence-electron chi connectivity index (χ4n) is 2.71. The number of nitrogens with zero attached hydrogens (tertiary/aromatic N) is 3. The second-order valence-corrected chi connectivity index (χ2v) is 5.44. The lowest BCUT2D eigenvalue weighted by Gasteiger charge is -2.40. The normalized spacial score (nSPS) is 27.5. The summed E-state index contributed by atoms with van der Waals surface area (Å²) in [7, 11) is 0. The van der Waals surface area contributed by atoms with Crippen LogP contribution in [0.3, 0.4) is 0 Å². The van der Waals surface area contributed by atoms with E-state index in [1.54, 1.807) is 6.20 Å². The molecule has 18 heavy (non-hydrogen) atoms. The van der Waals surface area contributed by atoms with Crippen molar-refractivity contribution in [3.05, 3.63) is 24.5 Å². The Kier molecular flexibility index (Phi) is 2.59. The molecule has 1 N–H and O–H groups in total. The standard InChI is InChI=1S/C13H17FN4/c1-13(2)11(14)10(4-6-15-13)18-8-5-9-3-7-16-17-12(9)18/h3,5,7-8,10-11,15H,4,6H2,1-2H3/t10-,11-/m1/s1. The molecule has 0 aliphatic carbocycles. The first-order valence-electron chi connectivity index (χ1n) is 6.27. The molecule has 4 nitrogen and oxygen atoms in total. The van der Waals surface area contributed by atoms with Gasteiger partial charge in [0.15, 0.2) is 5.65 Å². The van der Waals surface area contributed by atoms with Crippen molar-refractivity contribution in [2.75, 3.05) is 6.54 Å². The summed E-state index contributed by atoms with van der Waals surface area (Å²) < 4.78 is 16.5. The van der Waals surface area contributed by atoms with Gasteiger partial charge in [-0.2, -0.15) is 5.10 Å². The summed E-state index contributed by atoms with van der Waals surface area (Å²) in [6.45, 7) is 4.63. The van der Waals surface area contributed by atoms with Crippen LogP contribution < -0.4 is 5.32 Å². The van der Waals surface area contributed by atoms with Crippen LogP contribution in [0.4, 0.5) is 4.39 Å². The number of halogens is 1. The quantitative estimate of drug-likeness (QED) is 0.840. The number of nitrogens with one attached hydrogen (secondary N) is 1. The highest BCUT2D eigenvalue weighted by atomic mass is 19.1. The Labute approximate surface area is 105 Å². The molecule has 0 radical (unpaired) electrons. The number of piperidine rings is 1. The molecule has 3 heterocycles. The van der Waals surface area contributed by atoms with Crippen LogP contribution in [-0.4, -0.2) is 33.0 Å². The predicted octanol–water partition coefficient (Wildman–Crippen LogP) is 2.08. The van der Waals surface area contributed by atoms with Crippen molar-refractivity contribution in [3.8, 4) is 0 Å². The van der Waals surface area contributed by atoms with Gasteiger partial charge < -0.3 is 9.88 Å². The maximum atomic E-state index is 14.6. The second kappa shape index (κ2) is 4.02. The van der Waals surface area contributed by atoms with Crippen molar-refractivity contribution in [3.63, 3.8) is 0 Å². The van der Waals surface area contributed by atoms with Gasteiger partial charge in [0.2, 0.25) is 0 Å². The topological polar surface area (TPSA) is 42.7 Å². The van der Waals surface area contributed by atoms with Crippen LogP contribution in [0.5, 0.6) is 0 Å². The number of rotatable bonds is 1. The van der Waals surface area contributed by atoms with Crippen LogP contribution in [-0.2, 0) is 0 Å². The van der Waals surface area contributed by atoms with Crippen molar-refractivity contribution in [1.82, 2.24) is 20.1 Å². The Morgan fingerprint density at radius 1 is 1.44 bits per heavy atom. The highest BCUT2D eigenvalue weighted by Gasteiger charge is 2.40. The zero-order valence-corrected chi connectivity index (χ0v) is 10.6. The Morgan fingerprint density at radius 3 is 3.11 bits per heavy atom. The summed E-state index contributed by atoms with van der Waals surface area (Å²) >= 11 is 0. The summed E-state index contributed by atoms with van der Waals surface area (Å²) in [6, 6.07) is 3.69. The molecule has 2 aromatic rings. The molecule has 0 amide bonds. The third kappa shape index (κ3) is 1.70. The Balaban J connectivity index is 2.04. The predicted molar refractivity (Wildman–Crippen MR) is 68.2 cm³/mol. The van der Waals surface area contributed by atoms with Gasteiger partial charge in [0.1, 0.15) is 6.17 Å². The number of hydrogen-bond acceptors (Lipinski definition) is 3. The molecule has 1 aliphatic rings. The van der Waals surface area contributed by atoms with E-state index in [4.69, 9.17) is 0 Å². The second-order valence-electron chi connectivity index (χ2n) is 5.44. The summed E-state index contributed by atoms with van der Waals surface area (Å²) in [5, 5.41) is 12.2. The van der Waals surface area contributed by atoms with Crippen molar-refractivity contribution >= 4 is 11.0 Å². The molecule has 2 aromatic heterocycles. The van der Waals surface area contributed by atoms with Gasteiger partial charge in [0.25, 0.3) is 0 Å². The number of hydrogen-bond donors (Lipinski definition) is 1. The van der Waals surface area contributed by atoms with E-state index in [1.165, 1.54) is 0 Å². The maximum Gasteiger partial charge on any atom is 0.162 e. The average Bonchev–Trinajstić information content (AvgIpc) is 2.76. The monoisotopic (exact) mass is 248 g/mol. The van der Waals surface area contributed by atoms with Crippen LogP contribution in [0.25, 0.3) is 11.0 Å². The first kappa shape index (κ1) is 11.6. The molecule has 2 atom stereocenters. The average molecular weight is 248 g/mol. The van der Waals surface area contributed by atoms with Gasteiger partial charge >= 0.3 is 0 Å². The Hall–Kier alpha value is -1.49. The molecule has 0 unspecified atom stereocenters. The minimum atomic E-state index is -0.941. The fraction of sp³-hybridized carbons (Fsp3) is 0.538. The number of aromatic nitrogens is 3. The van der Waals surface area contributed by atoms with Gasteiger partial charge in [-0.1, -0.05) is 0 Å². The SMILES string of the molecule is CC1(C)NCC[C@@H](n2ccc3ccnnc32)[C@H]1F. The molecule has 1 aliphatic heterocycles. The maximum absolute atomic E-state index is 14.6. The number of alkyl halides is 1. The van der Waals surface area contributed by atoms with Crippen molar-refractivity contribution < 1.29 is 4.39 Å². The molecule has 3 rings (SSSR count). The first-order valence-corrected chi connectivity index (χ1v) is 6.27. The minimum absolute atomic E-state index is 0.171. The lowest BCUT2D eigenvalue weighted by Crippen LogP contribution is -2.55. The number of fused-ring (bicyclic) bond motifs is 1. The Bertz CT molecular complexity index is 563. The zero-order valence-electron chi connectivity index (χ0n) is 10.6. The van der Waals surface area contributed by atoms with Crippen molar-refractivity contribution in [2.24, 2.45) is 0 Å². The van der Waals surface area contributed by atoms with Gasteiger partial charge in [-0.05, 0) is 38.9 Å². The fourth-order valence-corrected chi connectivity index (χ4v) is 2.71. The lowest BCUT2D eigenvalue weighted by molar-refractivity contribution is 0.0838. The van der Waals surface area contributed by atoms with E-state index in [1.807, 2.05) is 36.7 Å². The van der Waals surface area contributed by atoms with Gasteiger partial charge in [0, 0.05) is 17.1 Å². The first-order chi connectivity index (χ1) is 8.59. The summed E-state index contributed by atoms with van der Waals surface area (Å²) in [6.07, 6.45) is 3.40. The van der Waals surface area contributed by atoms with E-state index in [2.05, 4.69) is 15.5 Å². The summed E-state index contributed by atoms with van der Waals surface area (Å²) in [4.78, 5) is 0. The van der Waals surface area contributed by atoms with Crippen LogP contribution in [0.1, 0.15) is 26.3 Å². The molecule has 1 saturated heterocycles. The van der Waals surface area contributed by atoms with Crippen LogP contribution in [0, 0.1) is 0 Å². The molecule has 96 valence electrons. The van der Waals surface area contributed by atoms with Crippen molar-refractivity contribution in [2.45, 2.75) is 38.0 Å². The van der Waals surface area contributed by atoms with E-state index >= 15 is 0 Å². The third-order valence-electron chi connectivity index (χ3n) is 3.80. The van der Waals surface area contributed by atoms with Crippen LogP contribution in [0.2, 0.25) is 0 Å². The molecular weight excluding hydrogens is 231 g/mol. The highest BCUT2D eigenvalue weighted by molar-refractivity contribution is 5.75. The highest BCUT2D eigenvalue weighted by Crippen LogP contribution is 2.33. The molecule has 0 spiro atoms. The van der Waals surface area contributed by atoms with E-state index < -0.39 is 11.7 Å². The van der Waals surface area contributed by atoms with Gasteiger partial charge in [-0.25, -0.2) is 4.39 Å². The Morgan fingerprint density at radius 2 is 2.28 bits per heavy atom. The van der Waals surface area contributed by atoms with Gasteiger partial charge in [-0.3, -0.25) is 0 Å². The molecule has 0 aromatic carbocycles.